The number of carbonyl (C=O) groups excluding carboxylic acids is 3. The number of ether oxygens (including phenoxy) is 3. The van der Waals surface area contributed by atoms with Crippen molar-refractivity contribution in [3.63, 3.8) is 0 Å². The van der Waals surface area contributed by atoms with Crippen LogP contribution in [0.1, 0.15) is 297 Å². The van der Waals surface area contributed by atoms with Crippen molar-refractivity contribution in [2.24, 2.45) is 0 Å². The maximum Gasteiger partial charge on any atom is 0.306 e. The molecule has 0 amide bonds. The van der Waals surface area contributed by atoms with E-state index in [0.717, 1.165) is 96.3 Å². The monoisotopic (exact) mass is 899 g/mol. The predicted octanol–water partition coefficient (Wildman–Crippen LogP) is 18.5. The molecule has 0 rings (SSSR count). The van der Waals surface area contributed by atoms with E-state index in [4.69, 9.17) is 14.2 Å². The van der Waals surface area contributed by atoms with Gasteiger partial charge in [-0.3, -0.25) is 14.4 Å². The van der Waals surface area contributed by atoms with E-state index in [2.05, 4.69) is 57.2 Å². The molecule has 6 nitrogen and oxygen atoms in total. The lowest BCUT2D eigenvalue weighted by molar-refractivity contribution is -0.167. The van der Waals surface area contributed by atoms with Gasteiger partial charge in [-0.2, -0.15) is 0 Å². The fourth-order valence-corrected chi connectivity index (χ4v) is 8.22. The summed E-state index contributed by atoms with van der Waals surface area (Å²) in [6.07, 6.45) is 62.7. The molecule has 0 aliphatic carbocycles. The quantitative estimate of drug-likeness (QED) is 0.0262. The van der Waals surface area contributed by atoms with E-state index in [1.807, 2.05) is 0 Å². The lowest BCUT2D eigenvalue weighted by atomic mass is 10.0. The van der Waals surface area contributed by atoms with E-state index >= 15 is 0 Å². The molecule has 374 valence electrons. The molecule has 0 saturated carbocycles. The lowest BCUT2D eigenvalue weighted by Crippen LogP contribution is -2.30. The summed E-state index contributed by atoms with van der Waals surface area (Å²) in [6.45, 7) is 6.55. The summed E-state index contributed by atoms with van der Waals surface area (Å²) in [5.41, 5.74) is 0. The van der Waals surface area contributed by atoms with E-state index in [1.54, 1.807) is 0 Å². The maximum atomic E-state index is 12.8. The van der Waals surface area contributed by atoms with Crippen LogP contribution in [-0.4, -0.2) is 37.2 Å². The lowest BCUT2D eigenvalue weighted by Gasteiger charge is -2.18. The number of hydrogen-bond acceptors (Lipinski definition) is 6. The summed E-state index contributed by atoms with van der Waals surface area (Å²) < 4.78 is 16.8. The Kier molecular flexibility index (Phi) is 51.3. The Hall–Kier alpha value is -2.37. The third-order valence-corrected chi connectivity index (χ3v) is 12.4. The van der Waals surface area contributed by atoms with Gasteiger partial charge in [-0.05, 0) is 51.4 Å². The van der Waals surface area contributed by atoms with Gasteiger partial charge in [-0.1, -0.05) is 263 Å². The van der Waals surface area contributed by atoms with Crippen LogP contribution in [0.4, 0.5) is 0 Å². The predicted molar refractivity (Wildman–Crippen MR) is 275 cm³/mol. The number of hydrogen-bond donors (Lipinski definition) is 0. The van der Waals surface area contributed by atoms with E-state index in [9.17, 15) is 14.4 Å². The Labute approximate surface area is 397 Å². The molecule has 0 saturated heterocycles. The molecule has 1 atom stereocenters. The van der Waals surface area contributed by atoms with E-state index in [0.29, 0.717) is 19.3 Å². The second kappa shape index (κ2) is 53.2. The zero-order valence-corrected chi connectivity index (χ0v) is 42.8. The minimum atomic E-state index is -0.776. The average Bonchev–Trinajstić information content (AvgIpc) is 3.29. The van der Waals surface area contributed by atoms with Gasteiger partial charge in [0.2, 0.25) is 0 Å². The van der Waals surface area contributed by atoms with Gasteiger partial charge in [-0.15, -0.1) is 0 Å². The highest BCUT2D eigenvalue weighted by Crippen LogP contribution is 2.17. The normalized spacial score (nSPS) is 12.2. The Bertz CT molecular complexity index is 1080. The van der Waals surface area contributed by atoms with Crippen molar-refractivity contribution in [2.75, 3.05) is 13.2 Å². The summed E-state index contributed by atoms with van der Waals surface area (Å²) in [5, 5.41) is 0. The highest BCUT2D eigenvalue weighted by atomic mass is 16.6. The van der Waals surface area contributed by atoms with Gasteiger partial charge in [0.1, 0.15) is 13.2 Å². The SMILES string of the molecule is CC/C=C\C/C=C\C/C=C\CCCCCCCC(=O)OC(COC(=O)CCCCCCCCCCCCCCCC)COC(=O)CCCCCCCCCCCCCCCCCCC. The smallest absolute Gasteiger partial charge is 0.306 e. The molecule has 0 bridgehead atoms. The molecule has 0 heterocycles. The fraction of sp³-hybridized carbons (Fsp3) is 0.845. The summed E-state index contributed by atoms with van der Waals surface area (Å²) in [5.74, 6) is -0.874. The summed E-state index contributed by atoms with van der Waals surface area (Å²) in [6, 6.07) is 0. The average molecular weight is 899 g/mol. The van der Waals surface area contributed by atoms with Gasteiger partial charge in [0, 0.05) is 19.3 Å². The van der Waals surface area contributed by atoms with E-state index in [1.165, 1.54) is 161 Å². The van der Waals surface area contributed by atoms with Gasteiger partial charge < -0.3 is 14.2 Å². The maximum absolute atomic E-state index is 12.8. The van der Waals surface area contributed by atoms with Crippen LogP contribution in [-0.2, 0) is 28.6 Å². The number of rotatable bonds is 51. The van der Waals surface area contributed by atoms with Crippen LogP contribution in [0.2, 0.25) is 0 Å². The Morgan fingerprint density at radius 2 is 0.609 bits per heavy atom. The zero-order valence-electron chi connectivity index (χ0n) is 42.8. The largest absolute Gasteiger partial charge is 0.462 e. The van der Waals surface area contributed by atoms with Crippen LogP contribution >= 0.6 is 0 Å². The molecule has 1 unspecified atom stereocenters. The molecular formula is C58H106O6. The van der Waals surface area contributed by atoms with Crippen molar-refractivity contribution in [2.45, 2.75) is 303 Å². The fourth-order valence-electron chi connectivity index (χ4n) is 8.22. The van der Waals surface area contributed by atoms with Crippen LogP contribution in [0, 0.1) is 0 Å². The van der Waals surface area contributed by atoms with E-state index in [-0.39, 0.29) is 31.1 Å². The minimum absolute atomic E-state index is 0.0745. The van der Waals surface area contributed by atoms with Crippen LogP contribution in [0.15, 0.2) is 36.5 Å². The molecular weight excluding hydrogens is 793 g/mol. The molecule has 0 aromatic rings. The van der Waals surface area contributed by atoms with Crippen LogP contribution in [0.25, 0.3) is 0 Å². The van der Waals surface area contributed by atoms with Crippen molar-refractivity contribution in [1.29, 1.82) is 0 Å². The van der Waals surface area contributed by atoms with Gasteiger partial charge in [0.15, 0.2) is 6.10 Å². The molecule has 0 fully saturated rings. The molecule has 0 N–H and O–H groups in total. The molecule has 0 aromatic carbocycles. The van der Waals surface area contributed by atoms with Gasteiger partial charge in [0.25, 0.3) is 0 Å². The second-order valence-electron chi connectivity index (χ2n) is 18.8. The zero-order chi connectivity index (χ0) is 46.5. The number of esters is 3. The first kappa shape index (κ1) is 61.6. The standard InChI is InChI=1S/C58H106O6/c1-4-7-10-13-16-19-22-25-28-29-31-33-36-39-42-45-48-51-57(60)63-54-55(53-62-56(59)50-47-44-41-38-35-32-27-24-21-18-15-12-9-6-3)64-58(61)52-49-46-43-40-37-34-30-26-23-20-17-14-11-8-5-2/h8,11,17,20,26,30,55H,4-7,9-10,12-16,18-19,21-25,27-29,31-54H2,1-3H3/b11-8-,20-17-,30-26-. The van der Waals surface area contributed by atoms with E-state index < -0.39 is 6.10 Å². The summed E-state index contributed by atoms with van der Waals surface area (Å²) >= 11 is 0. The third kappa shape index (κ3) is 50.6. The van der Waals surface area contributed by atoms with Gasteiger partial charge in [0.05, 0.1) is 0 Å². The number of allylic oxidation sites excluding steroid dienone is 6. The van der Waals surface area contributed by atoms with Crippen molar-refractivity contribution in [1.82, 2.24) is 0 Å². The Balaban J connectivity index is 4.35. The molecule has 6 heteroatoms. The van der Waals surface area contributed by atoms with Crippen LogP contribution < -0.4 is 0 Å². The summed E-state index contributed by atoms with van der Waals surface area (Å²) in [4.78, 5) is 38.1. The number of unbranched alkanes of at least 4 members (excludes halogenated alkanes) is 34. The minimum Gasteiger partial charge on any atom is -0.462 e. The Morgan fingerprint density at radius 3 is 0.953 bits per heavy atom. The first-order valence-corrected chi connectivity index (χ1v) is 28.0. The number of carbonyl (C=O) groups is 3. The first-order valence-electron chi connectivity index (χ1n) is 28.0. The van der Waals surface area contributed by atoms with Crippen LogP contribution in [0.3, 0.4) is 0 Å². The third-order valence-electron chi connectivity index (χ3n) is 12.4. The molecule has 0 aliphatic heterocycles. The summed E-state index contributed by atoms with van der Waals surface area (Å²) in [7, 11) is 0. The molecule has 0 aliphatic rings. The molecule has 0 spiro atoms. The van der Waals surface area contributed by atoms with Crippen LogP contribution in [0.5, 0.6) is 0 Å². The molecule has 64 heavy (non-hydrogen) atoms. The van der Waals surface area contributed by atoms with Crippen molar-refractivity contribution < 1.29 is 28.6 Å². The highest BCUT2D eigenvalue weighted by molar-refractivity contribution is 5.71. The first-order chi connectivity index (χ1) is 31.5. The second-order valence-corrected chi connectivity index (χ2v) is 18.8. The highest BCUT2D eigenvalue weighted by Gasteiger charge is 2.19. The van der Waals surface area contributed by atoms with Gasteiger partial charge in [-0.25, -0.2) is 0 Å². The van der Waals surface area contributed by atoms with Gasteiger partial charge >= 0.3 is 17.9 Å². The molecule has 0 radical (unpaired) electrons. The van der Waals surface area contributed by atoms with Crippen molar-refractivity contribution in [3.05, 3.63) is 36.5 Å². The topological polar surface area (TPSA) is 78.9 Å². The van der Waals surface area contributed by atoms with Crippen molar-refractivity contribution in [3.8, 4) is 0 Å². The molecule has 0 aromatic heterocycles. The van der Waals surface area contributed by atoms with Crippen molar-refractivity contribution >= 4 is 17.9 Å². The Morgan fingerprint density at radius 1 is 0.328 bits per heavy atom.